The van der Waals surface area contributed by atoms with Gasteiger partial charge in [0.2, 0.25) is 0 Å². The van der Waals surface area contributed by atoms with E-state index in [0.29, 0.717) is 27.2 Å². The third-order valence-corrected chi connectivity index (χ3v) is 4.68. The largest absolute Gasteiger partial charge is 0.497 e. The van der Waals surface area contributed by atoms with E-state index in [9.17, 15) is 9.59 Å². The molecule has 1 aromatic heterocycles. The third kappa shape index (κ3) is 4.11. The van der Waals surface area contributed by atoms with E-state index < -0.39 is 5.91 Å². The van der Waals surface area contributed by atoms with E-state index >= 15 is 0 Å². The maximum Gasteiger partial charge on any atom is 0.276 e. The molecule has 0 radical (unpaired) electrons. The van der Waals surface area contributed by atoms with Crippen molar-refractivity contribution in [3.05, 3.63) is 70.0 Å². The molecule has 1 heterocycles. The standard InChI is InChI=1S/C19H16Cl2N4O3/c1-22-18(26)13-10-12(28-2)4-6-16(13)23-19(27)17-7-8-25(24-17)11-3-5-14(20)15(21)9-11/h3-10H,1-2H3,(H,22,26)(H,23,27). The highest BCUT2D eigenvalue weighted by Gasteiger charge is 2.17. The number of hydrogen-bond acceptors (Lipinski definition) is 4. The fourth-order valence-corrected chi connectivity index (χ4v) is 2.78. The van der Waals surface area contributed by atoms with Crippen molar-refractivity contribution in [2.75, 3.05) is 19.5 Å². The molecule has 0 saturated carbocycles. The summed E-state index contributed by atoms with van der Waals surface area (Å²) in [6, 6.07) is 11.4. The van der Waals surface area contributed by atoms with Gasteiger partial charge in [0.25, 0.3) is 11.8 Å². The molecular weight excluding hydrogens is 403 g/mol. The maximum atomic E-state index is 12.6. The fraction of sp³-hybridized carbons (Fsp3) is 0.105. The van der Waals surface area contributed by atoms with E-state index in [4.69, 9.17) is 27.9 Å². The van der Waals surface area contributed by atoms with Crippen LogP contribution in [0.15, 0.2) is 48.7 Å². The van der Waals surface area contributed by atoms with E-state index in [2.05, 4.69) is 15.7 Å². The molecule has 2 N–H and O–H groups in total. The molecule has 0 unspecified atom stereocenters. The molecule has 0 aliphatic heterocycles. The van der Waals surface area contributed by atoms with Crippen molar-refractivity contribution in [3.63, 3.8) is 0 Å². The van der Waals surface area contributed by atoms with Gasteiger partial charge in [-0.3, -0.25) is 9.59 Å². The highest BCUT2D eigenvalue weighted by molar-refractivity contribution is 6.42. The topological polar surface area (TPSA) is 85.3 Å². The first-order valence-electron chi connectivity index (χ1n) is 8.15. The van der Waals surface area contributed by atoms with Gasteiger partial charge in [-0.05, 0) is 42.5 Å². The molecule has 0 spiro atoms. The van der Waals surface area contributed by atoms with Crippen LogP contribution >= 0.6 is 23.2 Å². The second kappa shape index (κ2) is 8.33. The number of ether oxygens (including phenoxy) is 1. The zero-order chi connectivity index (χ0) is 20.3. The number of aromatic nitrogens is 2. The zero-order valence-electron chi connectivity index (χ0n) is 15.0. The van der Waals surface area contributed by atoms with Crippen molar-refractivity contribution >= 4 is 40.7 Å². The number of rotatable bonds is 5. The van der Waals surface area contributed by atoms with Crippen LogP contribution in [0, 0.1) is 0 Å². The Balaban J connectivity index is 1.85. The molecule has 3 aromatic rings. The number of carbonyl (C=O) groups excluding carboxylic acids is 2. The molecule has 0 fully saturated rings. The summed E-state index contributed by atoms with van der Waals surface area (Å²) >= 11 is 11.9. The summed E-state index contributed by atoms with van der Waals surface area (Å²) in [5, 5.41) is 10.3. The van der Waals surface area contributed by atoms with Crippen molar-refractivity contribution in [3.8, 4) is 11.4 Å². The Morgan fingerprint density at radius 3 is 2.50 bits per heavy atom. The monoisotopic (exact) mass is 418 g/mol. The molecule has 2 aromatic carbocycles. The molecule has 0 aliphatic carbocycles. The summed E-state index contributed by atoms with van der Waals surface area (Å²) in [5.74, 6) is -0.315. The number of methoxy groups -OCH3 is 1. The van der Waals surface area contributed by atoms with E-state index in [1.807, 2.05) is 0 Å². The van der Waals surface area contributed by atoms with Gasteiger partial charge in [0.1, 0.15) is 5.75 Å². The van der Waals surface area contributed by atoms with Gasteiger partial charge in [0, 0.05) is 13.2 Å². The van der Waals surface area contributed by atoms with Crippen molar-refractivity contribution in [1.82, 2.24) is 15.1 Å². The summed E-state index contributed by atoms with van der Waals surface area (Å²) in [6.07, 6.45) is 1.63. The Labute approximate surface area is 171 Å². The molecule has 0 aliphatic rings. The van der Waals surface area contributed by atoms with Crippen LogP contribution in [0.1, 0.15) is 20.8 Å². The predicted molar refractivity (Wildman–Crippen MR) is 108 cm³/mol. The Morgan fingerprint density at radius 1 is 1.04 bits per heavy atom. The average molecular weight is 419 g/mol. The fourth-order valence-electron chi connectivity index (χ4n) is 2.48. The summed E-state index contributed by atoms with van der Waals surface area (Å²) in [5.41, 5.74) is 1.45. The SMILES string of the molecule is CNC(=O)c1cc(OC)ccc1NC(=O)c1ccn(-c2ccc(Cl)c(Cl)c2)n1. The molecule has 7 nitrogen and oxygen atoms in total. The molecule has 0 atom stereocenters. The van der Waals surface area contributed by atoms with Gasteiger partial charge in [-0.1, -0.05) is 23.2 Å². The quantitative estimate of drug-likeness (QED) is 0.659. The minimum atomic E-state index is -0.464. The van der Waals surface area contributed by atoms with E-state index in [-0.39, 0.29) is 17.2 Å². The number of amides is 2. The van der Waals surface area contributed by atoms with Gasteiger partial charge in [-0.2, -0.15) is 5.10 Å². The molecule has 3 rings (SSSR count). The lowest BCUT2D eigenvalue weighted by Crippen LogP contribution is -2.22. The summed E-state index contributed by atoms with van der Waals surface area (Å²) in [6.45, 7) is 0. The average Bonchev–Trinajstić information content (AvgIpc) is 3.20. The van der Waals surface area contributed by atoms with E-state index in [1.165, 1.54) is 18.8 Å². The number of carbonyl (C=O) groups is 2. The summed E-state index contributed by atoms with van der Waals surface area (Å²) < 4.78 is 6.64. The van der Waals surface area contributed by atoms with Crippen molar-refractivity contribution in [1.29, 1.82) is 0 Å². The smallest absolute Gasteiger partial charge is 0.276 e. The van der Waals surface area contributed by atoms with Crippen molar-refractivity contribution in [2.45, 2.75) is 0 Å². The lowest BCUT2D eigenvalue weighted by molar-refractivity contribution is 0.0963. The normalized spacial score (nSPS) is 10.4. The number of benzene rings is 2. The molecule has 0 saturated heterocycles. The van der Waals surface area contributed by atoms with Crippen molar-refractivity contribution in [2.24, 2.45) is 0 Å². The Kier molecular flexibility index (Phi) is 5.87. The number of anilines is 1. The zero-order valence-corrected chi connectivity index (χ0v) is 16.5. The molecule has 144 valence electrons. The molecular formula is C19H16Cl2N4O3. The highest BCUT2D eigenvalue weighted by Crippen LogP contribution is 2.25. The number of hydrogen-bond donors (Lipinski definition) is 2. The minimum Gasteiger partial charge on any atom is -0.497 e. The van der Waals surface area contributed by atoms with Gasteiger partial charge < -0.3 is 15.4 Å². The minimum absolute atomic E-state index is 0.171. The highest BCUT2D eigenvalue weighted by atomic mass is 35.5. The number of halogens is 2. The van der Waals surface area contributed by atoms with Gasteiger partial charge in [-0.15, -0.1) is 0 Å². The van der Waals surface area contributed by atoms with Gasteiger partial charge in [0.15, 0.2) is 5.69 Å². The number of nitrogens with zero attached hydrogens (tertiary/aromatic N) is 2. The van der Waals surface area contributed by atoms with Gasteiger partial charge in [-0.25, -0.2) is 4.68 Å². The van der Waals surface area contributed by atoms with Crippen LogP contribution in [0.4, 0.5) is 5.69 Å². The van der Waals surface area contributed by atoms with Gasteiger partial charge in [0.05, 0.1) is 34.1 Å². The van der Waals surface area contributed by atoms with E-state index in [0.717, 1.165) is 0 Å². The van der Waals surface area contributed by atoms with Crippen LogP contribution < -0.4 is 15.4 Å². The third-order valence-electron chi connectivity index (χ3n) is 3.94. The van der Waals surface area contributed by atoms with Crippen LogP contribution in [0.25, 0.3) is 5.69 Å². The second-order valence-corrected chi connectivity index (χ2v) is 6.50. The first-order valence-corrected chi connectivity index (χ1v) is 8.91. The first kappa shape index (κ1) is 19.7. The van der Waals surface area contributed by atoms with Crippen LogP contribution in [-0.2, 0) is 0 Å². The molecule has 9 heteroatoms. The second-order valence-electron chi connectivity index (χ2n) is 5.69. The van der Waals surface area contributed by atoms with Crippen LogP contribution in [0.3, 0.4) is 0 Å². The molecule has 2 amide bonds. The van der Waals surface area contributed by atoms with Crippen molar-refractivity contribution < 1.29 is 14.3 Å². The van der Waals surface area contributed by atoms with Crippen LogP contribution in [0.2, 0.25) is 10.0 Å². The maximum absolute atomic E-state index is 12.6. The molecule has 28 heavy (non-hydrogen) atoms. The summed E-state index contributed by atoms with van der Waals surface area (Å²) in [4.78, 5) is 24.7. The lowest BCUT2D eigenvalue weighted by Gasteiger charge is -2.11. The lowest BCUT2D eigenvalue weighted by atomic mass is 10.1. The number of nitrogens with one attached hydrogen (secondary N) is 2. The Hall–Kier alpha value is -3.03. The molecule has 0 bridgehead atoms. The summed E-state index contributed by atoms with van der Waals surface area (Å²) in [7, 11) is 3.00. The van der Waals surface area contributed by atoms with Crippen LogP contribution in [-0.4, -0.2) is 35.8 Å². The van der Waals surface area contributed by atoms with Gasteiger partial charge >= 0.3 is 0 Å². The van der Waals surface area contributed by atoms with E-state index in [1.54, 1.807) is 48.7 Å². The Morgan fingerprint density at radius 2 is 1.82 bits per heavy atom. The van der Waals surface area contributed by atoms with Crippen LogP contribution in [0.5, 0.6) is 5.75 Å². The predicted octanol–water partition coefficient (Wildman–Crippen LogP) is 3.80. The Bertz CT molecular complexity index is 1050. The first-order chi connectivity index (χ1) is 13.4.